The van der Waals surface area contributed by atoms with Gasteiger partial charge in [-0.1, -0.05) is 11.6 Å². The number of hydrogen-bond donors (Lipinski definition) is 0. The molecule has 0 aliphatic carbocycles. The monoisotopic (exact) mass is 375 g/mol. The first-order valence-corrected chi connectivity index (χ1v) is 8.55. The molecule has 8 heteroatoms. The largest absolute Gasteiger partial charge is 0.444 e. The average molecular weight is 376 g/mol. The lowest BCUT2D eigenvalue weighted by Crippen LogP contribution is -2.55. The van der Waals surface area contributed by atoms with Crippen LogP contribution in [0, 0.1) is 0 Å². The number of ether oxygens (including phenoxy) is 1. The van der Waals surface area contributed by atoms with Crippen LogP contribution >= 0.6 is 11.6 Å². The van der Waals surface area contributed by atoms with Crippen LogP contribution in [0.25, 0.3) is 0 Å². The second-order valence-electron chi connectivity index (χ2n) is 7.39. The summed E-state index contributed by atoms with van der Waals surface area (Å²) in [5.74, 6) is -2.61. The van der Waals surface area contributed by atoms with Gasteiger partial charge in [-0.2, -0.15) is 0 Å². The molecule has 5 nitrogen and oxygen atoms in total. The highest BCUT2D eigenvalue weighted by Crippen LogP contribution is 2.31. The van der Waals surface area contributed by atoms with Crippen LogP contribution in [-0.2, 0) is 10.7 Å². The summed E-state index contributed by atoms with van der Waals surface area (Å²) >= 11 is 5.91. The highest BCUT2D eigenvalue weighted by atomic mass is 35.5. The summed E-state index contributed by atoms with van der Waals surface area (Å²) in [6, 6.07) is 2.38. The van der Waals surface area contributed by atoms with Crippen molar-refractivity contribution < 1.29 is 18.3 Å². The lowest BCUT2D eigenvalue weighted by atomic mass is 10.1. The molecule has 0 spiro atoms. The Morgan fingerprint density at radius 2 is 1.92 bits per heavy atom. The number of alkyl halides is 2. The molecule has 1 aromatic heterocycles. The Balaban J connectivity index is 2.13. The molecule has 1 saturated heterocycles. The van der Waals surface area contributed by atoms with Gasteiger partial charge in [0.15, 0.2) is 0 Å². The highest BCUT2D eigenvalue weighted by molar-refractivity contribution is 6.29. The van der Waals surface area contributed by atoms with Crippen molar-refractivity contribution in [3.05, 3.63) is 22.8 Å². The molecule has 25 heavy (non-hydrogen) atoms. The van der Waals surface area contributed by atoms with Crippen LogP contribution in [-0.4, -0.2) is 47.3 Å². The van der Waals surface area contributed by atoms with E-state index >= 15 is 0 Å². The Kier molecular flexibility index (Phi) is 5.47. The van der Waals surface area contributed by atoms with E-state index < -0.39 is 11.5 Å². The third kappa shape index (κ3) is 5.17. The Morgan fingerprint density at radius 3 is 2.44 bits per heavy atom. The molecular weight excluding hydrogens is 352 g/mol. The third-order valence-corrected chi connectivity index (χ3v) is 4.06. The van der Waals surface area contributed by atoms with Crippen LogP contribution in [0.5, 0.6) is 0 Å². The van der Waals surface area contributed by atoms with E-state index in [0.717, 1.165) is 6.92 Å². The molecule has 1 aliphatic heterocycles. The summed E-state index contributed by atoms with van der Waals surface area (Å²) in [5, 5.41) is 0.0243. The van der Waals surface area contributed by atoms with Crippen molar-refractivity contribution in [1.29, 1.82) is 0 Å². The zero-order chi connectivity index (χ0) is 19.0. The van der Waals surface area contributed by atoms with Gasteiger partial charge in [-0.05, 0) is 39.8 Å². The fourth-order valence-corrected chi connectivity index (χ4v) is 2.86. The maximum atomic E-state index is 13.6. The lowest BCUT2D eigenvalue weighted by Gasteiger charge is -2.40. The number of aromatic nitrogens is 1. The van der Waals surface area contributed by atoms with Gasteiger partial charge in [0.2, 0.25) is 0 Å². The van der Waals surface area contributed by atoms with Crippen molar-refractivity contribution in [2.75, 3.05) is 24.5 Å². The van der Waals surface area contributed by atoms with Gasteiger partial charge in [-0.3, -0.25) is 0 Å². The molecule has 0 aromatic carbocycles. The van der Waals surface area contributed by atoms with Crippen LogP contribution in [0.4, 0.5) is 19.4 Å². The molecule has 1 atom stereocenters. The number of carbonyl (C=O) groups is 1. The molecule has 2 heterocycles. The summed E-state index contributed by atoms with van der Waals surface area (Å²) in [6.07, 6.45) is -0.375. The topological polar surface area (TPSA) is 45.7 Å². The number of carbonyl (C=O) groups excluding carboxylic acids is 1. The minimum absolute atomic E-state index is 0.0243. The van der Waals surface area contributed by atoms with Gasteiger partial charge >= 0.3 is 6.09 Å². The molecule has 0 unspecified atom stereocenters. The summed E-state index contributed by atoms with van der Waals surface area (Å²) in [4.78, 5) is 19.9. The van der Waals surface area contributed by atoms with Gasteiger partial charge in [0, 0.05) is 38.2 Å². The summed E-state index contributed by atoms with van der Waals surface area (Å²) in [5.41, 5.74) is -0.742. The van der Waals surface area contributed by atoms with E-state index in [4.69, 9.17) is 16.3 Å². The molecule has 1 amide bonds. The van der Waals surface area contributed by atoms with Crippen molar-refractivity contribution in [1.82, 2.24) is 9.88 Å². The molecule has 1 fully saturated rings. The minimum atomic E-state index is -2.99. The van der Waals surface area contributed by atoms with Crippen molar-refractivity contribution >= 4 is 23.5 Å². The average Bonchev–Trinajstić information content (AvgIpc) is 2.43. The first kappa shape index (κ1) is 19.7. The van der Waals surface area contributed by atoms with Gasteiger partial charge < -0.3 is 14.5 Å². The van der Waals surface area contributed by atoms with Crippen molar-refractivity contribution in [2.45, 2.75) is 52.2 Å². The van der Waals surface area contributed by atoms with Gasteiger partial charge in [-0.15, -0.1) is 0 Å². The zero-order valence-electron chi connectivity index (χ0n) is 15.1. The summed E-state index contributed by atoms with van der Waals surface area (Å²) in [7, 11) is 0. The molecule has 0 bridgehead atoms. The first-order chi connectivity index (χ1) is 11.4. The van der Waals surface area contributed by atoms with Gasteiger partial charge in [0.1, 0.15) is 16.6 Å². The summed E-state index contributed by atoms with van der Waals surface area (Å²) < 4.78 is 32.6. The Morgan fingerprint density at radius 1 is 1.28 bits per heavy atom. The van der Waals surface area contributed by atoms with Crippen LogP contribution < -0.4 is 4.90 Å². The Hall–Kier alpha value is -1.63. The Bertz CT molecular complexity index is 644. The van der Waals surface area contributed by atoms with Gasteiger partial charge in [-0.25, -0.2) is 18.6 Å². The Labute approximate surface area is 151 Å². The molecule has 0 radical (unpaired) electrons. The number of amides is 1. The van der Waals surface area contributed by atoms with E-state index in [-0.39, 0.29) is 22.9 Å². The molecule has 2 rings (SSSR count). The smallest absolute Gasteiger partial charge is 0.410 e. The fourth-order valence-electron chi connectivity index (χ4n) is 2.66. The second-order valence-corrected chi connectivity index (χ2v) is 7.78. The number of anilines is 1. The summed E-state index contributed by atoms with van der Waals surface area (Å²) in [6.45, 7) is 9.49. The highest BCUT2D eigenvalue weighted by Gasteiger charge is 2.32. The number of hydrogen-bond acceptors (Lipinski definition) is 4. The zero-order valence-corrected chi connectivity index (χ0v) is 15.9. The quantitative estimate of drug-likeness (QED) is 0.723. The lowest BCUT2D eigenvalue weighted by molar-refractivity contribution is 0.0158. The SMILES string of the molecule is C[C@H]1CN(c2cc(C(C)(F)F)cc(Cl)n2)CCN1C(=O)OC(C)(C)C. The standard InChI is InChI=1S/C17H24ClF2N3O2/c1-11-10-22(6-7-23(11)15(24)25-16(2,3)4)14-9-12(17(5,19)20)8-13(18)21-14/h8-9,11H,6-7,10H2,1-5H3/t11-/m0/s1. The molecule has 1 aliphatic rings. The maximum Gasteiger partial charge on any atom is 0.410 e. The number of halogens is 3. The van der Waals surface area contributed by atoms with Gasteiger partial charge in [0.25, 0.3) is 5.92 Å². The third-order valence-electron chi connectivity index (χ3n) is 3.87. The van der Waals surface area contributed by atoms with Gasteiger partial charge in [0.05, 0.1) is 0 Å². The predicted molar refractivity (Wildman–Crippen MR) is 93.4 cm³/mol. The maximum absolute atomic E-state index is 13.6. The van der Waals surface area contributed by atoms with E-state index in [1.54, 1.807) is 4.90 Å². The van der Waals surface area contributed by atoms with E-state index in [1.165, 1.54) is 12.1 Å². The van der Waals surface area contributed by atoms with Crippen molar-refractivity contribution in [3.8, 4) is 0 Å². The number of rotatable bonds is 2. The normalized spacial score (nSPS) is 19.1. The van der Waals surface area contributed by atoms with Crippen LogP contribution in [0.3, 0.4) is 0 Å². The van der Waals surface area contributed by atoms with Crippen molar-refractivity contribution in [2.24, 2.45) is 0 Å². The van der Waals surface area contributed by atoms with E-state index in [9.17, 15) is 13.6 Å². The fraction of sp³-hybridized carbons (Fsp3) is 0.647. The molecule has 0 saturated carbocycles. The minimum Gasteiger partial charge on any atom is -0.444 e. The van der Waals surface area contributed by atoms with E-state index in [0.29, 0.717) is 25.5 Å². The number of piperazine rings is 1. The van der Waals surface area contributed by atoms with Crippen LogP contribution in [0.1, 0.15) is 40.2 Å². The molecular formula is C17H24ClF2N3O2. The number of nitrogens with zero attached hydrogens (tertiary/aromatic N) is 3. The van der Waals surface area contributed by atoms with Crippen molar-refractivity contribution in [3.63, 3.8) is 0 Å². The van der Waals surface area contributed by atoms with E-state index in [1.807, 2.05) is 32.6 Å². The molecule has 1 aromatic rings. The molecule has 0 N–H and O–H groups in total. The predicted octanol–water partition coefficient (Wildman–Crippen LogP) is 4.29. The van der Waals surface area contributed by atoms with E-state index in [2.05, 4.69) is 4.98 Å². The molecule has 140 valence electrons. The second kappa shape index (κ2) is 6.94. The van der Waals surface area contributed by atoms with Crippen LogP contribution in [0.15, 0.2) is 12.1 Å². The van der Waals surface area contributed by atoms with Crippen LogP contribution in [0.2, 0.25) is 5.15 Å². The number of pyridine rings is 1. The first-order valence-electron chi connectivity index (χ1n) is 8.17.